The minimum Gasteiger partial charge on any atom is -0.490 e. The van der Waals surface area contributed by atoms with E-state index in [9.17, 15) is 9.59 Å². The Balaban J connectivity index is 1.63. The van der Waals surface area contributed by atoms with Gasteiger partial charge in [0.05, 0.1) is 6.54 Å². The number of likely N-dealkylation sites (tertiary alicyclic amines) is 1. The number of aryl methyl sites for hydroxylation is 1. The number of aromatic nitrogens is 2. The molecule has 1 aliphatic rings. The average molecular weight is 357 g/mol. The molecule has 0 spiro atoms. The molecule has 0 saturated carbocycles. The standard InChI is InChI=1S/C19H23N3O4/c1-15-6-3-4-7-16(15)26-14-19(25-2)8-11-22(13-19)17(23)12-21-10-5-9-20-18(21)24/h3-7,9-10H,8,11-14H2,1-2H3/t19-/m1/s1. The molecule has 0 N–H and O–H groups in total. The Morgan fingerprint density at radius 2 is 2.12 bits per heavy atom. The zero-order valence-corrected chi connectivity index (χ0v) is 15.1. The molecule has 1 atom stereocenters. The topological polar surface area (TPSA) is 73.7 Å². The van der Waals surface area contributed by atoms with Gasteiger partial charge in [0.25, 0.3) is 0 Å². The molecule has 3 rings (SSSR count). The molecule has 1 aromatic heterocycles. The van der Waals surface area contributed by atoms with E-state index < -0.39 is 11.3 Å². The zero-order chi connectivity index (χ0) is 18.6. The summed E-state index contributed by atoms with van der Waals surface area (Å²) in [6.07, 6.45) is 3.66. The summed E-state index contributed by atoms with van der Waals surface area (Å²) in [6.45, 7) is 3.34. The molecule has 0 unspecified atom stereocenters. The van der Waals surface area contributed by atoms with Gasteiger partial charge in [0.2, 0.25) is 5.91 Å². The molecule has 0 bridgehead atoms. The molecule has 1 amide bonds. The van der Waals surface area contributed by atoms with E-state index in [-0.39, 0.29) is 12.5 Å². The van der Waals surface area contributed by atoms with Crippen LogP contribution in [0.5, 0.6) is 5.75 Å². The number of hydrogen-bond donors (Lipinski definition) is 0. The fourth-order valence-electron chi connectivity index (χ4n) is 3.08. The third-order valence-corrected chi connectivity index (χ3v) is 4.77. The lowest BCUT2D eigenvalue weighted by molar-refractivity contribution is -0.132. The number of para-hydroxylation sites is 1. The van der Waals surface area contributed by atoms with Gasteiger partial charge in [-0.1, -0.05) is 18.2 Å². The zero-order valence-electron chi connectivity index (χ0n) is 15.1. The average Bonchev–Trinajstić information content (AvgIpc) is 3.08. The number of carbonyl (C=O) groups is 1. The van der Waals surface area contributed by atoms with Crippen LogP contribution in [0.4, 0.5) is 0 Å². The van der Waals surface area contributed by atoms with Gasteiger partial charge in [0, 0.05) is 26.0 Å². The highest BCUT2D eigenvalue weighted by molar-refractivity contribution is 5.76. The lowest BCUT2D eigenvalue weighted by Crippen LogP contribution is -2.43. The molecule has 26 heavy (non-hydrogen) atoms. The number of rotatable bonds is 6. The second-order valence-electron chi connectivity index (χ2n) is 6.54. The Morgan fingerprint density at radius 1 is 1.31 bits per heavy atom. The summed E-state index contributed by atoms with van der Waals surface area (Å²) in [4.78, 5) is 29.6. The van der Waals surface area contributed by atoms with Crippen molar-refractivity contribution in [3.05, 3.63) is 58.8 Å². The molecular weight excluding hydrogens is 334 g/mol. The van der Waals surface area contributed by atoms with Crippen LogP contribution in [0.25, 0.3) is 0 Å². The third kappa shape index (κ3) is 3.94. The molecular formula is C19H23N3O4. The van der Waals surface area contributed by atoms with Gasteiger partial charge in [-0.25, -0.2) is 9.78 Å². The molecule has 1 saturated heterocycles. The van der Waals surface area contributed by atoms with Crippen LogP contribution in [0.15, 0.2) is 47.5 Å². The molecule has 1 aliphatic heterocycles. The van der Waals surface area contributed by atoms with Gasteiger partial charge in [0.15, 0.2) is 0 Å². The number of carbonyl (C=O) groups excluding carboxylic acids is 1. The predicted octanol–water partition coefficient (Wildman–Crippen LogP) is 1.25. The SMILES string of the molecule is CO[C@]1(COc2ccccc2C)CCN(C(=O)Cn2cccnc2=O)C1. The summed E-state index contributed by atoms with van der Waals surface area (Å²) in [5, 5.41) is 0. The van der Waals surface area contributed by atoms with Gasteiger partial charge in [-0.2, -0.15) is 0 Å². The molecule has 7 heteroatoms. The summed E-state index contributed by atoms with van der Waals surface area (Å²) in [7, 11) is 1.64. The van der Waals surface area contributed by atoms with Crippen molar-refractivity contribution in [1.29, 1.82) is 0 Å². The second kappa shape index (κ2) is 7.70. The molecule has 2 aromatic rings. The summed E-state index contributed by atoms with van der Waals surface area (Å²) < 4.78 is 13.0. The van der Waals surface area contributed by atoms with Crippen LogP contribution in [-0.2, 0) is 16.1 Å². The van der Waals surface area contributed by atoms with E-state index in [1.165, 1.54) is 10.8 Å². The van der Waals surface area contributed by atoms with Crippen LogP contribution in [-0.4, -0.2) is 52.8 Å². The van der Waals surface area contributed by atoms with Gasteiger partial charge in [-0.05, 0) is 31.0 Å². The van der Waals surface area contributed by atoms with E-state index in [1.54, 1.807) is 24.3 Å². The Morgan fingerprint density at radius 3 is 2.85 bits per heavy atom. The van der Waals surface area contributed by atoms with E-state index in [0.717, 1.165) is 11.3 Å². The Hall–Kier alpha value is -2.67. The molecule has 0 radical (unpaired) electrons. The number of amides is 1. The number of hydrogen-bond acceptors (Lipinski definition) is 5. The van der Waals surface area contributed by atoms with Crippen LogP contribution < -0.4 is 10.4 Å². The number of benzene rings is 1. The summed E-state index contributed by atoms with van der Waals surface area (Å²) in [6, 6.07) is 9.44. The van der Waals surface area contributed by atoms with Crippen molar-refractivity contribution in [2.45, 2.75) is 25.5 Å². The van der Waals surface area contributed by atoms with Crippen LogP contribution in [0.2, 0.25) is 0 Å². The quantitative estimate of drug-likeness (QED) is 0.778. The maximum Gasteiger partial charge on any atom is 0.347 e. The smallest absolute Gasteiger partial charge is 0.347 e. The summed E-state index contributed by atoms with van der Waals surface area (Å²) >= 11 is 0. The van der Waals surface area contributed by atoms with Crippen molar-refractivity contribution in [3.8, 4) is 5.75 Å². The van der Waals surface area contributed by atoms with Crippen molar-refractivity contribution in [2.24, 2.45) is 0 Å². The summed E-state index contributed by atoms with van der Waals surface area (Å²) in [5.74, 6) is 0.686. The van der Waals surface area contributed by atoms with E-state index in [4.69, 9.17) is 9.47 Å². The molecule has 7 nitrogen and oxygen atoms in total. The largest absolute Gasteiger partial charge is 0.490 e. The first-order valence-electron chi connectivity index (χ1n) is 8.56. The molecule has 1 aromatic carbocycles. The number of ether oxygens (including phenoxy) is 2. The first-order chi connectivity index (χ1) is 12.5. The summed E-state index contributed by atoms with van der Waals surface area (Å²) in [5.41, 5.74) is 0.0826. The number of nitrogens with zero attached hydrogens (tertiary/aromatic N) is 3. The highest BCUT2D eigenvalue weighted by atomic mass is 16.5. The normalized spacial score (nSPS) is 19.5. The van der Waals surface area contributed by atoms with Crippen molar-refractivity contribution < 1.29 is 14.3 Å². The van der Waals surface area contributed by atoms with Gasteiger partial charge in [-0.15, -0.1) is 0 Å². The van der Waals surface area contributed by atoms with E-state index >= 15 is 0 Å². The van der Waals surface area contributed by atoms with E-state index in [0.29, 0.717) is 26.1 Å². The lowest BCUT2D eigenvalue weighted by atomic mass is 10.0. The maximum absolute atomic E-state index is 12.5. The predicted molar refractivity (Wildman–Crippen MR) is 96.1 cm³/mol. The van der Waals surface area contributed by atoms with E-state index in [2.05, 4.69) is 4.98 Å². The first-order valence-corrected chi connectivity index (χ1v) is 8.56. The van der Waals surface area contributed by atoms with Crippen molar-refractivity contribution >= 4 is 5.91 Å². The second-order valence-corrected chi connectivity index (χ2v) is 6.54. The highest BCUT2D eigenvalue weighted by Crippen LogP contribution is 2.27. The monoisotopic (exact) mass is 357 g/mol. The Kier molecular flexibility index (Phi) is 5.37. The van der Waals surface area contributed by atoms with Crippen LogP contribution in [0.3, 0.4) is 0 Å². The first kappa shape index (κ1) is 18.1. The fourth-order valence-corrected chi connectivity index (χ4v) is 3.08. The molecule has 0 aliphatic carbocycles. The maximum atomic E-state index is 12.5. The van der Waals surface area contributed by atoms with Crippen LogP contribution in [0, 0.1) is 6.92 Å². The third-order valence-electron chi connectivity index (χ3n) is 4.77. The lowest BCUT2D eigenvalue weighted by Gasteiger charge is -2.28. The van der Waals surface area contributed by atoms with Gasteiger partial charge < -0.3 is 14.4 Å². The van der Waals surface area contributed by atoms with Crippen molar-refractivity contribution in [2.75, 3.05) is 26.8 Å². The fraction of sp³-hybridized carbons (Fsp3) is 0.421. The van der Waals surface area contributed by atoms with Crippen LogP contribution >= 0.6 is 0 Å². The Bertz CT molecular complexity index is 835. The molecule has 1 fully saturated rings. The minimum atomic E-state index is -0.544. The highest BCUT2D eigenvalue weighted by Gasteiger charge is 2.41. The van der Waals surface area contributed by atoms with Gasteiger partial charge in [-0.3, -0.25) is 9.36 Å². The van der Waals surface area contributed by atoms with Crippen molar-refractivity contribution in [3.63, 3.8) is 0 Å². The molecule has 138 valence electrons. The van der Waals surface area contributed by atoms with Gasteiger partial charge >= 0.3 is 5.69 Å². The van der Waals surface area contributed by atoms with Crippen LogP contribution in [0.1, 0.15) is 12.0 Å². The molecule has 2 heterocycles. The minimum absolute atomic E-state index is 0.0227. The van der Waals surface area contributed by atoms with Crippen molar-refractivity contribution in [1.82, 2.24) is 14.5 Å². The van der Waals surface area contributed by atoms with E-state index in [1.807, 2.05) is 31.2 Å². The van der Waals surface area contributed by atoms with Gasteiger partial charge in [0.1, 0.15) is 24.5 Å². The number of methoxy groups -OCH3 is 1. The Labute approximate surface area is 152 Å².